The number of thiophene rings is 1. The zero-order chi connectivity index (χ0) is 29.5. The lowest BCUT2D eigenvalue weighted by atomic mass is 9.91. The molecule has 1 saturated heterocycles. The Morgan fingerprint density at radius 1 is 1.20 bits per heavy atom. The zero-order valence-electron chi connectivity index (χ0n) is 24.7. The van der Waals surface area contributed by atoms with E-state index in [2.05, 4.69) is 21.3 Å². The van der Waals surface area contributed by atoms with Gasteiger partial charge in [0.25, 0.3) is 5.91 Å². The average molecular weight is 581 g/mol. The maximum Gasteiger partial charge on any atom is 0.410 e. The van der Waals surface area contributed by atoms with Crippen molar-refractivity contribution in [1.82, 2.24) is 20.2 Å². The van der Waals surface area contributed by atoms with Gasteiger partial charge in [0.15, 0.2) is 0 Å². The van der Waals surface area contributed by atoms with Crippen LogP contribution in [0, 0.1) is 12.8 Å². The maximum absolute atomic E-state index is 13.1. The molecule has 0 unspecified atom stereocenters. The van der Waals surface area contributed by atoms with Crippen LogP contribution in [0.4, 0.5) is 16.3 Å². The number of methoxy groups -OCH3 is 1. The third-order valence-corrected chi connectivity index (χ3v) is 8.93. The van der Waals surface area contributed by atoms with Crippen molar-refractivity contribution in [2.75, 3.05) is 44.5 Å². The van der Waals surface area contributed by atoms with Crippen LogP contribution in [0.1, 0.15) is 53.8 Å². The molecule has 1 aliphatic carbocycles. The largest absolute Gasteiger partial charge is 0.444 e. The molecule has 1 fully saturated rings. The molecule has 3 aromatic rings. The number of pyridine rings is 2. The van der Waals surface area contributed by atoms with Crippen molar-refractivity contribution in [1.29, 1.82) is 0 Å². The fourth-order valence-electron chi connectivity index (χ4n) is 5.74. The second-order valence-corrected chi connectivity index (χ2v) is 13.1. The first-order valence-electron chi connectivity index (χ1n) is 14.1. The molecule has 10 nitrogen and oxygen atoms in total. The quantitative estimate of drug-likeness (QED) is 0.445. The third kappa shape index (κ3) is 6.25. The van der Waals surface area contributed by atoms with Gasteiger partial charge in [-0.25, -0.2) is 14.8 Å². The van der Waals surface area contributed by atoms with E-state index >= 15 is 0 Å². The van der Waals surface area contributed by atoms with Gasteiger partial charge in [0.2, 0.25) is 0 Å². The molecule has 3 N–H and O–H groups in total. The number of hydrogen-bond donors (Lipinski definition) is 2. The maximum atomic E-state index is 13.1. The molecule has 3 atom stereocenters. The molecule has 1 aliphatic heterocycles. The second kappa shape index (κ2) is 11.4. The number of nitrogens with zero attached hydrogens (tertiary/aromatic N) is 4. The Morgan fingerprint density at radius 3 is 2.71 bits per heavy atom. The summed E-state index contributed by atoms with van der Waals surface area (Å²) in [6, 6.07) is 7.95. The number of nitrogen functional groups attached to an aromatic ring is 1. The Morgan fingerprint density at radius 2 is 1.98 bits per heavy atom. The summed E-state index contributed by atoms with van der Waals surface area (Å²) in [5.74, 6) is 0.881. The predicted octanol–water partition coefficient (Wildman–Crippen LogP) is 4.19. The molecule has 41 heavy (non-hydrogen) atoms. The highest BCUT2D eigenvalue weighted by molar-refractivity contribution is 7.21. The fourth-order valence-corrected chi connectivity index (χ4v) is 6.78. The van der Waals surface area contributed by atoms with E-state index in [1.807, 2.05) is 45.9 Å². The number of nitrogens with one attached hydrogen (secondary N) is 1. The monoisotopic (exact) mass is 580 g/mol. The van der Waals surface area contributed by atoms with E-state index < -0.39 is 5.60 Å². The number of hydrogen-bond acceptors (Lipinski definition) is 9. The first-order valence-corrected chi connectivity index (χ1v) is 14.9. The molecule has 0 radical (unpaired) electrons. The molecule has 5 rings (SSSR count). The highest BCUT2D eigenvalue weighted by atomic mass is 32.1. The number of carbonyl (C=O) groups excluding carboxylic acids is 2. The van der Waals surface area contributed by atoms with Crippen LogP contribution < -0.4 is 16.0 Å². The highest BCUT2D eigenvalue weighted by Crippen LogP contribution is 2.33. The number of carbonyl (C=O) groups is 2. The molecule has 4 heterocycles. The summed E-state index contributed by atoms with van der Waals surface area (Å²) in [4.78, 5) is 40.7. The highest BCUT2D eigenvalue weighted by Gasteiger charge is 2.39. The number of ether oxygens (including phenoxy) is 2. The van der Waals surface area contributed by atoms with Gasteiger partial charge in [-0.05, 0) is 70.7 Å². The summed E-state index contributed by atoms with van der Waals surface area (Å²) < 4.78 is 11.1. The van der Waals surface area contributed by atoms with E-state index in [0.717, 1.165) is 52.4 Å². The van der Waals surface area contributed by atoms with Crippen LogP contribution in [0.25, 0.3) is 10.2 Å². The molecule has 3 aromatic heterocycles. The SMILES string of the molecule is COC[C@@H]1CN(c2ccc3c(n2)CC[C@H](NC(=O)c2sc4nc(C)ccc4c2N)C3)C[C@@H]1N(C)C(=O)OC(C)(C)C. The minimum atomic E-state index is -0.557. The van der Waals surface area contributed by atoms with E-state index in [-0.39, 0.29) is 30.0 Å². The number of likely N-dealkylation sites (N-methyl/N-ethyl adjacent to an activating group) is 1. The van der Waals surface area contributed by atoms with Crippen molar-refractivity contribution in [2.24, 2.45) is 5.92 Å². The van der Waals surface area contributed by atoms with Crippen molar-refractivity contribution in [3.8, 4) is 0 Å². The number of fused-ring (bicyclic) bond motifs is 2. The molecule has 2 amide bonds. The fraction of sp³-hybridized carbons (Fsp3) is 0.533. The number of rotatable bonds is 6. The Kier molecular flexibility index (Phi) is 8.11. The van der Waals surface area contributed by atoms with E-state index in [0.29, 0.717) is 30.1 Å². The average Bonchev–Trinajstić information content (AvgIpc) is 3.48. The summed E-state index contributed by atoms with van der Waals surface area (Å²) in [6.07, 6.45) is 1.95. The number of aromatic nitrogens is 2. The minimum Gasteiger partial charge on any atom is -0.444 e. The zero-order valence-corrected chi connectivity index (χ0v) is 25.5. The Bertz CT molecular complexity index is 1450. The second-order valence-electron chi connectivity index (χ2n) is 12.1. The summed E-state index contributed by atoms with van der Waals surface area (Å²) in [6.45, 7) is 9.47. The van der Waals surface area contributed by atoms with Crippen LogP contribution in [0.2, 0.25) is 0 Å². The Balaban J connectivity index is 1.25. The van der Waals surface area contributed by atoms with Gasteiger partial charge in [-0.3, -0.25) is 4.79 Å². The van der Waals surface area contributed by atoms with Crippen LogP contribution in [-0.2, 0) is 22.3 Å². The molecular weight excluding hydrogens is 540 g/mol. The van der Waals surface area contributed by atoms with Crippen molar-refractivity contribution >= 4 is 45.1 Å². The first-order chi connectivity index (χ1) is 19.4. The summed E-state index contributed by atoms with van der Waals surface area (Å²) in [7, 11) is 3.48. The number of aryl methyl sites for hydroxylation is 2. The molecule has 0 spiro atoms. The third-order valence-electron chi connectivity index (χ3n) is 7.81. The Labute approximate surface area is 245 Å². The minimum absolute atomic E-state index is 0.00619. The normalized spacial score (nSPS) is 20.6. The number of amides is 2. The topological polar surface area (TPSA) is 123 Å². The van der Waals surface area contributed by atoms with Crippen LogP contribution in [0.5, 0.6) is 0 Å². The van der Waals surface area contributed by atoms with E-state index in [9.17, 15) is 9.59 Å². The predicted molar refractivity (Wildman–Crippen MR) is 162 cm³/mol. The van der Waals surface area contributed by atoms with E-state index in [4.69, 9.17) is 20.2 Å². The van der Waals surface area contributed by atoms with Crippen LogP contribution >= 0.6 is 11.3 Å². The van der Waals surface area contributed by atoms with Gasteiger partial charge < -0.3 is 30.3 Å². The van der Waals surface area contributed by atoms with Crippen LogP contribution in [0.3, 0.4) is 0 Å². The molecule has 11 heteroatoms. The van der Waals surface area contributed by atoms with Crippen molar-refractivity contribution < 1.29 is 19.1 Å². The van der Waals surface area contributed by atoms with Gasteiger partial charge >= 0.3 is 6.09 Å². The van der Waals surface area contributed by atoms with Crippen LogP contribution in [0.15, 0.2) is 24.3 Å². The van der Waals surface area contributed by atoms with Gasteiger partial charge in [0, 0.05) is 56.0 Å². The van der Waals surface area contributed by atoms with E-state index in [1.54, 1.807) is 19.1 Å². The lowest BCUT2D eigenvalue weighted by Gasteiger charge is -2.31. The first kappa shape index (κ1) is 29.1. The summed E-state index contributed by atoms with van der Waals surface area (Å²) in [5.41, 5.74) is 9.34. The summed E-state index contributed by atoms with van der Waals surface area (Å²) in [5, 5.41) is 4.01. The standard InChI is InChI=1S/C30H40N6O4S/c1-17-7-10-21-25(31)26(41-28(21)32-17)27(37)33-20-9-11-22-18(13-20)8-12-24(34-22)36-14-19(16-39-6)23(15-36)35(5)29(38)40-30(2,3)4/h7-8,10,12,19-20,23H,9,11,13-16,31H2,1-6H3,(H,33,37)/t19-,20-,23-/m0/s1. The van der Waals surface area contributed by atoms with Gasteiger partial charge in [0.05, 0.1) is 18.3 Å². The lowest BCUT2D eigenvalue weighted by Crippen LogP contribution is -2.45. The Hall–Kier alpha value is -3.44. The van der Waals surface area contributed by atoms with Crippen molar-refractivity contribution in [3.63, 3.8) is 0 Å². The number of nitrogens with two attached hydrogens (primary N) is 1. The van der Waals surface area contributed by atoms with Gasteiger partial charge in [-0.1, -0.05) is 6.07 Å². The number of anilines is 2. The van der Waals surface area contributed by atoms with Crippen molar-refractivity contribution in [2.45, 2.75) is 64.6 Å². The smallest absolute Gasteiger partial charge is 0.410 e. The molecular formula is C30H40N6O4S. The van der Waals surface area contributed by atoms with Gasteiger partial charge in [-0.2, -0.15) is 0 Å². The molecule has 220 valence electrons. The van der Waals surface area contributed by atoms with Gasteiger partial charge in [-0.15, -0.1) is 11.3 Å². The van der Waals surface area contributed by atoms with Crippen molar-refractivity contribution in [3.05, 3.63) is 46.1 Å². The molecule has 2 aliphatic rings. The molecule has 0 saturated carbocycles. The van der Waals surface area contributed by atoms with E-state index in [1.165, 1.54) is 11.3 Å². The molecule has 0 bridgehead atoms. The summed E-state index contributed by atoms with van der Waals surface area (Å²) >= 11 is 1.34. The molecule has 0 aromatic carbocycles. The van der Waals surface area contributed by atoms with Crippen LogP contribution in [-0.4, -0.2) is 78.4 Å². The van der Waals surface area contributed by atoms with Gasteiger partial charge in [0.1, 0.15) is 21.1 Å². The lowest BCUT2D eigenvalue weighted by molar-refractivity contribution is 0.0161.